The molecule has 0 aliphatic carbocycles. The van der Waals surface area contributed by atoms with Gasteiger partial charge in [-0.3, -0.25) is 4.98 Å². The molecule has 5 aromatic rings. The van der Waals surface area contributed by atoms with Gasteiger partial charge in [-0.15, -0.1) is 0 Å². The molecule has 0 saturated heterocycles. The Morgan fingerprint density at radius 2 is 0.743 bits per heavy atom. The van der Waals surface area contributed by atoms with Gasteiger partial charge in [0.15, 0.2) is 0 Å². The Balaban J connectivity index is 1.55. The number of aromatic nitrogens is 1. The van der Waals surface area contributed by atoms with Gasteiger partial charge in [-0.1, -0.05) is 127 Å². The maximum absolute atomic E-state index is 4.52. The zero-order valence-electron chi connectivity index (χ0n) is 19.5. The summed E-state index contributed by atoms with van der Waals surface area (Å²) in [6, 6.07) is 48.3. The highest BCUT2D eigenvalue weighted by Crippen LogP contribution is 2.33. The van der Waals surface area contributed by atoms with E-state index in [-0.39, 0.29) is 0 Å². The first-order chi connectivity index (χ1) is 17.4. The van der Waals surface area contributed by atoms with E-state index in [1.165, 1.54) is 27.8 Å². The lowest BCUT2D eigenvalue weighted by molar-refractivity contribution is 1.05. The summed E-state index contributed by atoms with van der Waals surface area (Å²) in [5.41, 5.74) is 7.55. The van der Waals surface area contributed by atoms with Crippen molar-refractivity contribution in [3.63, 3.8) is 0 Å². The molecule has 35 heavy (non-hydrogen) atoms. The molecule has 0 aliphatic heterocycles. The molecular weight excluding hydrogens is 455 g/mol. The van der Waals surface area contributed by atoms with Crippen molar-refractivity contribution in [3.05, 3.63) is 174 Å². The predicted octanol–water partition coefficient (Wildman–Crippen LogP) is 7.07. The Labute approximate surface area is 213 Å². The molecule has 0 saturated carbocycles. The second-order valence-electron chi connectivity index (χ2n) is 8.56. The second kappa shape index (κ2) is 11.7. The average Bonchev–Trinajstić information content (AvgIpc) is 2.95. The van der Waals surface area contributed by atoms with Gasteiger partial charge >= 0.3 is 0 Å². The van der Waals surface area contributed by atoms with Crippen LogP contribution in [0.5, 0.6) is 0 Å². The molecule has 168 valence electrons. The summed E-state index contributed by atoms with van der Waals surface area (Å²) in [5.74, 6) is 0. The zero-order valence-corrected chi connectivity index (χ0v) is 21.5. The van der Waals surface area contributed by atoms with E-state index in [1.807, 2.05) is 6.20 Å². The Morgan fingerprint density at radius 1 is 0.400 bits per heavy atom. The van der Waals surface area contributed by atoms with E-state index in [0.29, 0.717) is 35.3 Å². The third-order valence-corrected chi connectivity index (χ3v) is 10.5. The van der Waals surface area contributed by atoms with E-state index < -0.39 is 0 Å². The number of hydrogen-bond donors (Lipinski definition) is 0. The van der Waals surface area contributed by atoms with Gasteiger partial charge in [0.1, 0.15) is 0 Å². The molecule has 0 atom stereocenters. The Kier molecular flexibility index (Phi) is 7.79. The summed E-state index contributed by atoms with van der Waals surface area (Å²) in [4.78, 5) is 4.52. The van der Waals surface area contributed by atoms with Crippen LogP contribution in [0.15, 0.2) is 146 Å². The summed E-state index contributed by atoms with van der Waals surface area (Å²) < 4.78 is 0. The van der Waals surface area contributed by atoms with Gasteiger partial charge in [-0.05, 0) is 50.1 Å². The molecule has 4 aromatic carbocycles. The minimum atomic E-state index is 0.349. The first-order valence-electron chi connectivity index (χ1n) is 12.0. The third-order valence-electron chi connectivity index (χ3n) is 6.22. The number of pyridine rings is 1. The molecule has 0 spiro atoms. The summed E-state index contributed by atoms with van der Waals surface area (Å²) in [7, 11) is 1.40. The van der Waals surface area contributed by atoms with Crippen LogP contribution in [0.25, 0.3) is 0 Å². The maximum Gasteiger partial charge on any atom is 0.0584 e. The third kappa shape index (κ3) is 5.94. The molecule has 0 amide bonds. The van der Waals surface area contributed by atoms with Crippen LogP contribution in [0, 0.1) is 0 Å². The van der Waals surface area contributed by atoms with Crippen molar-refractivity contribution < 1.29 is 0 Å². The molecule has 0 N–H and O–H groups in total. The molecule has 0 unspecified atom stereocenters. The van der Waals surface area contributed by atoms with Gasteiger partial charge in [0, 0.05) is 12.4 Å². The highest BCUT2D eigenvalue weighted by molar-refractivity contribution is 6.61. The van der Waals surface area contributed by atoms with Crippen LogP contribution in [0.3, 0.4) is 0 Å². The van der Waals surface area contributed by atoms with E-state index in [1.54, 1.807) is 0 Å². The van der Waals surface area contributed by atoms with Crippen molar-refractivity contribution in [1.82, 2.24) is 4.98 Å². The average molecular weight is 482 g/mol. The minimum Gasteiger partial charge on any atom is -0.264 e. The highest BCUT2D eigenvalue weighted by atomic mass is 28.3. The van der Waals surface area contributed by atoms with E-state index in [2.05, 4.69) is 145 Å². The molecule has 1 nitrogen and oxygen atoms in total. The van der Waals surface area contributed by atoms with Crippen LogP contribution in [0.1, 0.15) is 44.1 Å². The SMILES string of the molecule is c1ccc(C([Si]C([Si]C(c2ccccc2)c2ccccc2)c2cccnc2)c2ccccc2)cc1. The molecule has 1 aromatic heterocycles. The summed E-state index contributed by atoms with van der Waals surface area (Å²) >= 11 is 0. The minimum absolute atomic E-state index is 0.349. The van der Waals surface area contributed by atoms with Crippen molar-refractivity contribution in [1.29, 1.82) is 0 Å². The van der Waals surface area contributed by atoms with E-state index >= 15 is 0 Å². The number of rotatable bonds is 9. The number of hydrogen-bond acceptors (Lipinski definition) is 1. The van der Waals surface area contributed by atoms with Crippen molar-refractivity contribution >= 4 is 19.0 Å². The maximum atomic E-state index is 4.52. The van der Waals surface area contributed by atoms with Gasteiger partial charge in [0.25, 0.3) is 0 Å². The first-order valence-corrected chi connectivity index (χ1v) is 14.3. The Hall–Kier alpha value is -3.54. The lowest BCUT2D eigenvalue weighted by atomic mass is 10.0. The van der Waals surface area contributed by atoms with Crippen LogP contribution < -0.4 is 0 Å². The fourth-order valence-corrected chi connectivity index (χ4v) is 8.79. The standard InChI is InChI=1S/C32H27NSi2/c1-5-14-25(15-6-1)30(26-16-7-2-8-17-26)34-32(29-22-13-23-33-24-29)35-31(27-18-9-3-10-19-27)28-20-11-4-12-21-28/h1-24,30-32H. The topological polar surface area (TPSA) is 12.9 Å². The number of nitrogens with zero attached hydrogens (tertiary/aromatic N) is 1. The van der Waals surface area contributed by atoms with E-state index in [0.717, 1.165) is 0 Å². The molecule has 0 aliphatic rings. The molecule has 0 fully saturated rings. The highest BCUT2D eigenvalue weighted by Gasteiger charge is 2.27. The predicted molar refractivity (Wildman–Crippen MR) is 148 cm³/mol. The van der Waals surface area contributed by atoms with E-state index in [4.69, 9.17) is 0 Å². The van der Waals surface area contributed by atoms with Gasteiger partial charge in [0.05, 0.1) is 19.0 Å². The van der Waals surface area contributed by atoms with Gasteiger partial charge in [0.2, 0.25) is 0 Å². The molecular formula is C32H27NSi2. The van der Waals surface area contributed by atoms with Crippen LogP contribution in [0.4, 0.5) is 0 Å². The van der Waals surface area contributed by atoms with Crippen molar-refractivity contribution in [2.45, 2.75) is 16.2 Å². The van der Waals surface area contributed by atoms with Gasteiger partial charge in [-0.25, -0.2) is 0 Å². The summed E-state index contributed by atoms with van der Waals surface area (Å²) in [6.45, 7) is 0. The van der Waals surface area contributed by atoms with Crippen LogP contribution in [-0.2, 0) is 0 Å². The normalized spacial score (nSPS) is 11.3. The number of benzene rings is 4. The van der Waals surface area contributed by atoms with Crippen molar-refractivity contribution in [2.24, 2.45) is 0 Å². The van der Waals surface area contributed by atoms with Crippen LogP contribution >= 0.6 is 0 Å². The summed E-state index contributed by atoms with van der Waals surface area (Å²) in [5, 5.41) is 0.402. The zero-order chi connectivity index (χ0) is 23.7. The lowest BCUT2D eigenvalue weighted by Crippen LogP contribution is -2.27. The molecule has 1 heterocycles. The first kappa shape index (κ1) is 23.2. The molecule has 4 radical (unpaired) electrons. The fourth-order valence-electron chi connectivity index (χ4n) is 4.47. The van der Waals surface area contributed by atoms with Gasteiger partial charge < -0.3 is 0 Å². The quantitative estimate of drug-likeness (QED) is 0.205. The second-order valence-corrected chi connectivity index (χ2v) is 12.1. The summed E-state index contributed by atoms with van der Waals surface area (Å²) in [6.07, 6.45) is 3.95. The van der Waals surface area contributed by atoms with Crippen LogP contribution in [0.2, 0.25) is 0 Å². The van der Waals surface area contributed by atoms with Gasteiger partial charge in [-0.2, -0.15) is 0 Å². The van der Waals surface area contributed by atoms with E-state index in [9.17, 15) is 0 Å². The molecule has 3 heteroatoms. The Morgan fingerprint density at radius 3 is 1.06 bits per heavy atom. The van der Waals surface area contributed by atoms with Crippen molar-refractivity contribution in [3.8, 4) is 0 Å². The fraction of sp³-hybridized carbons (Fsp3) is 0.0938. The smallest absolute Gasteiger partial charge is 0.0584 e. The Bertz CT molecular complexity index is 1120. The lowest BCUT2D eigenvalue weighted by Gasteiger charge is -2.27. The molecule has 5 rings (SSSR count). The monoisotopic (exact) mass is 481 g/mol. The van der Waals surface area contributed by atoms with Crippen LogP contribution in [-0.4, -0.2) is 24.0 Å². The molecule has 0 bridgehead atoms. The largest absolute Gasteiger partial charge is 0.264 e. The van der Waals surface area contributed by atoms with Crippen molar-refractivity contribution in [2.75, 3.05) is 0 Å².